The highest BCUT2D eigenvalue weighted by Gasteiger charge is 2.22. The quantitative estimate of drug-likeness (QED) is 0.775. The lowest BCUT2D eigenvalue weighted by Gasteiger charge is -2.20. The number of nitrogens with zero attached hydrogens (tertiary/aromatic N) is 4. The molecule has 0 bridgehead atoms. The minimum Gasteiger partial charge on any atom is -0.316 e. The molecular formula is C13H18N4. The van der Waals surface area contributed by atoms with Gasteiger partial charge in [-0.25, -0.2) is 4.98 Å². The maximum absolute atomic E-state index is 4.55. The van der Waals surface area contributed by atoms with Crippen LogP contribution in [0.2, 0.25) is 0 Å². The van der Waals surface area contributed by atoms with Gasteiger partial charge >= 0.3 is 0 Å². The van der Waals surface area contributed by atoms with Gasteiger partial charge in [0.05, 0.1) is 12.9 Å². The predicted octanol–water partition coefficient (Wildman–Crippen LogP) is 1.70. The molecule has 1 fully saturated rings. The lowest BCUT2D eigenvalue weighted by atomic mass is 10.1. The van der Waals surface area contributed by atoms with Crippen molar-refractivity contribution in [3.8, 4) is 0 Å². The first-order valence-electron chi connectivity index (χ1n) is 6.27. The van der Waals surface area contributed by atoms with E-state index >= 15 is 0 Å². The van der Waals surface area contributed by atoms with Crippen LogP contribution in [-0.2, 0) is 0 Å². The Morgan fingerprint density at radius 1 is 1.29 bits per heavy atom. The second kappa shape index (κ2) is 4.45. The summed E-state index contributed by atoms with van der Waals surface area (Å²) in [7, 11) is 2.19. The summed E-state index contributed by atoms with van der Waals surface area (Å²) >= 11 is 0. The molecule has 3 rings (SSSR count). The Labute approximate surface area is 102 Å². The van der Waals surface area contributed by atoms with Gasteiger partial charge in [-0.05, 0) is 38.1 Å². The average Bonchev–Trinajstić information content (AvgIpc) is 3.00. The van der Waals surface area contributed by atoms with Crippen LogP contribution in [0.3, 0.4) is 0 Å². The molecule has 1 unspecified atom stereocenters. The molecule has 1 atom stereocenters. The van der Waals surface area contributed by atoms with Crippen molar-refractivity contribution in [1.29, 1.82) is 0 Å². The Hall–Kier alpha value is -1.42. The monoisotopic (exact) mass is 230 g/mol. The number of hydrogen-bond donors (Lipinski definition) is 0. The van der Waals surface area contributed by atoms with E-state index in [0.717, 1.165) is 18.9 Å². The van der Waals surface area contributed by atoms with Gasteiger partial charge in [0, 0.05) is 18.8 Å². The van der Waals surface area contributed by atoms with Crippen molar-refractivity contribution < 1.29 is 0 Å². The molecule has 4 nitrogen and oxygen atoms in total. The first-order chi connectivity index (χ1) is 8.34. The summed E-state index contributed by atoms with van der Waals surface area (Å²) in [4.78, 5) is 13.3. The van der Waals surface area contributed by atoms with Gasteiger partial charge in [0.15, 0.2) is 0 Å². The highest BCUT2D eigenvalue weighted by Crippen LogP contribution is 2.30. The van der Waals surface area contributed by atoms with Crippen LogP contribution in [0.25, 0.3) is 0 Å². The zero-order valence-electron chi connectivity index (χ0n) is 10.2. The van der Waals surface area contributed by atoms with Crippen molar-refractivity contribution in [3.63, 3.8) is 0 Å². The van der Waals surface area contributed by atoms with E-state index in [-0.39, 0.29) is 0 Å². The van der Waals surface area contributed by atoms with Gasteiger partial charge in [0.25, 0.3) is 0 Å². The molecule has 0 N–H and O–H groups in total. The number of anilines is 1. The van der Waals surface area contributed by atoms with Crippen molar-refractivity contribution in [2.24, 2.45) is 4.99 Å². The third-order valence-electron chi connectivity index (χ3n) is 3.66. The molecule has 0 radical (unpaired) electrons. The minimum atomic E-state index is 0.559. The summed E-state index contributed by atoms with van der Waals surface area (Å²) < 4.78 is 0. The highest BCUT2D eigenvalue weighted by molar-refractivity contribution is 5.79. The van der Waals surface area contributed by atoms with E-state index in [0.29, 0.717) is 6.04 Å². The molecule has 1 aromatic heterocycles. The Balaban J connectivity index is 1.77. The van der Waals surface area contributed by atoms with E-state index in [4.69, 9.17) is 0 Å². The van der Waals surface area contributed by atoms with E-state index in [1.54, 1.807) is 0 Å². The van der Waals surface area contributed by atoms with Gasteiger partial charge in [-0.2, -0.15) is 0 Å². The number of hydrogen-bond acceptors (Lipinski definition) is 4. The molecule has 0 aliphatic carbocycles. The fourth-order valence-corrected chi connectivity index (χ4v) is 2.65. The minimum absolute atomic E-state index is 0.559. The maximum atomic E-state index is 4.55. The fourth-order valence-electron chi connectivity index (χ4n) is 2.65. The van der Waals surface area contributed by atoms with Crippen LogP contribution in [-0.4, -0.2) is 42.9 Å². The average molecular weight is 230 g/mol. The number of aliphatic imine (C=N–C) groups is 1. The summed E-state index contributed by atoms with van der Waals surface area (Å²) in [5, 5.41) is 0. The molecule has 1 aromatic rings. The van der Waals surface area contributed by atoms with Crippen molar-refractivity contribution in [3.05, 3.63) is 23.9 Å². The van der Waals surface area contributed by atoms with Crippen molar-refractivity contribution in [2.45, 2.75) is 18.9 Å². The van der Waals surface area contributed by atoms with Crippen LogP contribution in [0.5, 0.6) is 0 Å². The van der Waals surface area contributed by atoms with E-state index in [1.165, 1.54) is 24.9 Å². The largest absolute Gasteiger partial charge is 0.316 e. The summed E-state index contributed by atoms with van der Waals surface area (Å²) in [6, 6.07) is 4.88. The molecule has 0 saturated carbocycles. The molecule has 4 heteroatoms. The SMILES string of the molecule is CN1CCCC1c1ccc(N2C=NCC2)nc1. The molecule has 0 spiro atoms. The van der Waals surface area contributed by atoms with Gasteiger partial charge in [0.1, 0.15) is 5.82 Å². The summed E-state index contributed by atoms with van der Waals surface area (Å²) in [5.74, 6) is 1.01. The molecule has 0 amide bonds. The summed E-state index contributed by atoms with van der Waals surface area (Å²) in [6.45, 7) is 3.04. The first kappa shape index (κ1) is 10.7. The van der Waals surface area contributed by atoms with Gasteiger partial charge in [-0.3, -0.25) is 9.89 Å². The summed E-state index contributed by atoms with van der Waals surface area (Å²) in [6.07, 6.45) is 6.45. The van der Waals surface area contributed by atoms with Crippen LogP contribution in [0.15, 0.2) is 23.3 Å². The third kappa shape index (κ3) is 2.05. The van der Waals surface area contributed by atoms with Gasteiger partial charge in [-0.15, -0.1) is 0 Å². The molecule has 2 aliphatic heterocycles. The molecule has 17 heavy (non-hydrogen) atoms. The Morgan fingerprint density at radius 2 is 2.24 bits per heavy atom. The number of rotatable bonds is 2. The first-order valence-corrected chi connectivity index (χ1v) is 6.27. The normalized spacial score (nSPS) is 24.8. The van der Waals surface area contributed by atoms with Crippen LogP contribution in [0, 0.1) is 0 Å². The van der Waals surface area contributed by atoms with Gasteiger partial charge < -0.3 is 4.90 Å². The summed E-state index contributed by atoms with van der Waals surface area (Å²) in [5.41, 5.74) is 1.34. The number of aromatic nitrogens is 1. The van der Waals surface area contributed by atoms with Crippen LogP contribution in [0.1, 0.15) is 24.4 Å². The van der Waals surface area contributed by atoms with Crippen LogP contribution >= 0.6 is 0 Å². The van der Waals surface area contributed by atoms with Gasteiger partial charge in [0.2, 0.25) is 0 Å². The van der Waals surface area contributed by atoms with E-state index in [1.807, 2.05) is 12.5 Å². The number of pyridine rings is 1. The molecule has 90 valence electrons. The maximum Gasteiger partial charge on any atom is 0.133 e. The van der Waals surface area contributed by atoms with Crippen molar-refractivity contribution in [1.82, 2.24) is 9.88 Å². The lowest BCUT2D eigenvalue weighted by molar-refractivity contribution is 0.317. The van der Waals surface area contributed by atoms with Crippen LogP contribution in [0.4, 0.5) is 5.82 Å². The molecular weight excluding hydrogens is 212 g/mol. The lowest BCUT2D eigenvalue weighted by Crippen LogP contribution is -2.20. The zero-order chi connectivity index (χ0) is 11.7. The van der Waals surface area contributed by atoms with Gasteiger partial charge in [-0.1, -0.05) is 6.07 Å². The van der Waals surface area contributed by atoms with E-state index in [9.17, 15) is 0 Å². The number of likely N-dealkylation sites (tertiary alicyclic amines) is 1. The standard InChI is InChI=1S/C13H18N4/c1-16-7-2-3-12(16)11-4-5-13(15-9-11)17-8-6-14-10-17/h4-5,9-10,12H,2-3,6-8H2,1H3. The topological polar surface area (TPSA) is 31.7 Å². The fraction of sp³-hybridized carbons (Fsp3) is 0.538. The second-order valence-corrected chi connectivity index (χ2v) is 4.80. The van der Waals surface area contributed by atoms with Crippen molar-refractivity contribution >= 4 is 12.2 Å². The second-order valence-electron chi connectivity index (χ2n) is 4.80. The highest BCUT2D eigenvalue weighted by atomic mass is 15.2. The Morgan fingerprint density at radius 3 is 2.82 bits per heavy atom. The van der Waals surface area contributed by atoms with Crippen molar-refractivity contribution in [2.75, 3.05) is 31.6 Å². The van der Waals surface area contributed by atoms with E-state index in [2.05, 4.69) is 39.0 Å². The zero-order valence-corrected chi connectivity index (χ0v) is 10.2. The third-order valence-corrected chi connectivity index (χ3v) is 3.66. The molecule has 0 aromatic carbocycles. The Kier molecular flexibility index (Phi) is 2.81. The molecule has 2 aliphatic rings. The van der Waals surface area contributed by atoms with E-state index < -0.39 is 0 Å². The Bertz CT molecular complexity index is 412. The van der Waals surface area contributed by atoms with Crippen LogP contribution < -0.4 is 4.90 Å². The molecule has 3 heterocycles. The smallest absolute Gasteiger partial charge is 0.133 e. The molecule has 1 saturated heterocycles. The predicted molar refractivity (Wildman–Crippen MR) is 69.5 cm³/mol.